The first kappa shape index (κ1) is 8.19. The Balaban J connectivity index is 2.81. The highest BCUT2D eigenvalue weighted by molar-refractivity contribution is 7.43. The third-order valence-electron chi connectivity index (χ3n) is 1.38. The van der Waals surface area contributed by atoms with Crippen molar-refractivity contribution in [3.05, 3.63) is 14.8 Å². The lowest BCUT2D eigenvalue weighted by molar-refractivity contribution is 0.984. The molecule has 1 rings (SSSR count). The molecule has 0 bridgehead atoms. The molecule has 1 aromatic heterocycles. The highest BCUT2D eigenvalue weighted by Crippen LogP contribution is 2.31. The Morgan fingerprint density at radius 2 is 2.20 bits per heavy atom. The molecule has 0 radical (unpaired) electrons. The van der Waals surface area contributed by atoms with Crippen molar-refractivity contribution in [1.29, 1.82) is 0 Å². The third kappa shape index (κ3) is 1.79. The van der Waals surface area contributed by atoms with Crippen molar-refractivity contribution in [2.24, 2.45) is 5.73 Å². The highest BCUT2D eigenvalue weighted by atomic mass is 32.1. The maximum Gasteiger partial charge on any atom is 0.0291 e. The van der Waals surface area contributed by atoms with Gasteiger partial charge in [0, 0.05) is 9.49 Å². The van der Waals surface area contributed by atoms with Crippen LogP contribution in [0.4, 0.5) is 0 Å². The fraction of sp³-hybridized carbons (Fsp3) is 0.571. The predicted molar refractivity (Wildman–Crippen MR) is 49.1 cm³/mol. The Hall–Kier alpha value is 0.0900. The molecule has 0 aromatic carbocycles. The van der Waals surface area contributed by atoms with Crippen molar-refractivity contribution in [2.75, 3.05) is 6.54 Å². The molecule has 0 unspecified atom stereocenters. The number of hydrogen-bond donors (Lipinski definition) is 1. The summed E-state index contributed by atoms with van der Waals surface area (Å²) in [5.41, 5.74) is 5.46. The minimum Gasteiger partial charge on any atom is -0.330 e. The lowest BCUT2D eigenvalue weighted by atomic mass is 10.3. The van der Waals surface area contributed by atoms with Crippen LogP contribution in [0.1, 0.15) is 14.8 Å². The van der Waals surface area contributed by atoms with Crippen LogP contribution in [0.25, 0.3) is 0 Å². The minimum atomic E-state index is 0.785. The maximum absolute atomic E-state index is 5.46. The lowest BCUT2D eigenvalue weighted by Crippen LogP contribution is -2.01. The zero-order valence-electron chi connectivity index (χ0n) is 6.35. The molecule has 0 amide bonds. The SMILES string of the molecule is Cc1pc(CCN)c(C)s1. The zero-order valence-corrected chi connectivity index (χ0v) is 8.06. The summed E-state index contributed by atoms with van der Waals surface area (Å²) in [5.74, 6) is 0. The average Bonchev–Trinajstić information content (AvgIpc) is 2.13. The Morgan fingerprint density at radius 3 is 2.60 bits per heavy atom. The van der Waals surface area contributed by atoms with E-state index in [9.17, 15) is 0 Å². The summed E-state index contributed by atoms with van der Waals surface area (Å²) < 4.78 is 1.49. The van der Waals surface area contributed by atoms with Gasteiger partial charge in [0.05, 0.1) is 0 Å². The fourth-order valence-corrected chi connectivity index (χ4v) is 3.58. The summed E-state index contributed by atoms with van der Waals surface area (Å²) in [5, 5.41) is 1.52. The quantitative estimate of drug-likeness (QED) is 0.730. The standard InChI is InChI=1S/C7H12NPS/c1-5-7(3-4-8)9-6(2)10-5/h3-4,8H2,1-2H3. The van der Waals surface area contributed by atoms with Gasteiger partial charge in [-0.25, -0.2) is 0 Å². The normalized spacial score (nSPS) is 11.1. The summed E-state index contributed by atoms with van der Waals surface area (Å²) in [4.78, 5) is 1.46. The van der Waals surface area contributed by atoms with Crippen LogP contribution in [0.2, 0.25) is 0 Å². The van der Waals surface area contributed by atoms with Crippen molar-refractivity contribution in [1.82, 2.24) is 0 Å². The molecule has 0 aliphatic rings. The van der Waals surface area contributed by atoms with Gasteiger partial charge in [0.2, 0.25) is 0 Å². The minimum absolute atomic E-state index is 0.785. The van der Waals surface area contributed by atoms with Crippen molar-refractivity contribution >= 4 is 19.5 Å². The summed E-state index contributed by atoms with van der Waals surface area (Å²) in [6.07, 6.45) is 1.07. The topological polar surface area (TPSA) is 26.0 Å². The van der Waals surface area contributed by atoms with Gasteiger partial charge < -0.3 is 5.73 Å². The van der Waals surface area contributed by atoms with Crippen LogP contribution >= 0.6 is 19.5 Å². The summed E-state index contributed by atoms with van der Waals surface area (Å²) in [6, 6.07) is 0. The van der Waals surface area contributed by atoms with E-state index in [4.69, 9.17) is 5.73 Å². The van der Waals surface area contributed by atoms with Crippen LogP contribution in [-0.2, 0) is 6.42 Å². The van der Waals surface area contributed by atoms with Gasteiger partial charge in [0.25, 0.3) is 0 Å². The van der Waals surface area contributed by atoms with E-state index >= 15 is 0 Å². The Kier molecular flexibility index (Phi) is 2.84. The largest absolute Gasteiger partial charge is 0.330 e. The molecule has 2 N–H and O–H groups in total. The summed E-state index contributed by atoms with van der Waals surface area (Å²) in [7, 11) is 1.41. The first-order valence-electron chi connectivity index (χ1n) is 3.37. The Labute approximate surface area is 67.4 Å². The molecule has 1 nitrogen and oxygen atoms in total. The van der Waals surface area contributed by atoms with E-state index in [0.717, 1.165) is 13.0 Å². The molecule has 0 saturated heterocycles. The molecule has 0 spiro atoms. The fourth-order valence-electron chi connectivity index (χ4n) is 0.941. The van der Waals surface area contributed by atoms with Gasteiger partial charge in [0.15, 0.2) is 0 Å². The van der Waals surface area contributed by atoms with Crippen LogP contribution in [0.15, 0.2) is 0 Å². The number of rotatable bonds is 2. The molecule has 1 heterocycles. The Morgan fingerprint density at radius 1 is 1.50 bits per heavy atom. The molecule has 3 heteroatoms. The second-order valence-electron chi connectivity index (χ2n) is 2.27. The van der Waals surface area contributed by atoms with Crippen molar-refractivity contribution in [3.63, 3.8) is 0 Å². The number of nitrogens with two attached hydrogens (primary N) is 1. The molecule has 56 valence electrons. The highest BCUT2D eigenvalue weighted by Gasteiger charge is 2.00. The summed E-state index contributed by atoms with van der Waals surface area (Å²) >= 11 is 1.90. The zero-order chi connectivity index (χ0) is 7.56. The van der Waals surface area contributed by atoms with E-state index in [2.05, 4.69) is 13.8 Å². The van der Waals surface area contributed by atoms with Crippen LogP contribution in [0.3, 0.4) is 0 Å². The van der Waals surface area contributed by atoms with E-state index < -0.39 is 0 Å². The molecule has 0 aliphatic carbocycles. The van der Waals surface area contributed by atoms with Crippen molar-refractivity contribution < 1.29 is 0 Å². The Bertz CT molecular complexity index is 219. The average molecular weight is 173 g/mol. The molecular formula is C7H12NPS. The van der Waals surface area contributed by atoms with E-state index in [1.807, 2.05) is 11.3 Å². The van der Waals surface area contributed by atoms with Crippen molar-refractivity contribution in [2.45, 2.75) is 20.3 Å². The molecule has 0 fully saturated rings. The number of aryl methyl sites for hydroxylation is 2. The third-order valence-corrected chi connectivity index (χ3v) is 4.07. The van der Waals surface area contributed by atoms with Gasteiger partial charge in [-0.1, -0.05) is 8.19 Å². The lowest BCUT2D eigenvalue weighted by Gasteiger charge is -1.91. The maximum atomic E-state index is 5.46. The van der Waals surface area contributed by atoms with Gasteiger partial charge in [-0.3, -0.25) is 0 Å². The van der Waals surface area contributed by atoms with Gasteiger partial charge >= 0.3 is 0 Å². The van der Waals surface area contributed by atoms with Crippen LogP contribution in [-0.4, -0.2) is 6.54 Å². The van der Waals surface area contributed by atoms with Gasteiger partial charge in [-0.15, -0.1) is 11.3 Å². The van der Waals surface area contributed by atoms with E-state index in [0.29, 0.717) is 0 Å². The first-order chi connectivity index (χ1) is 4.74. The number of hydrogen-bond acceptors (Lipinski definition) is 2. The molecule has 10 heavy (non-hydrogen) atoms. The van der Waals surface area contributed by atoms with E-state index in [-0.39, 0.29) is 0 Å². The second-order valence-corrected chi connectivity index (χ2v) is 5.44. The predicted octanol–water partition coefficient (Wildman–Crippen LogP) is 2.45. The molecule has 0 atom stereocenters. The van der Waals surface area contributed by atoms with Gasteiger partial charge in [-0.2, -0.15) is 0 Å². The van der Waals surface area contributed by atoms with Crippen LogP contribution in [0, 0.1) is 13.8 Å². The van der Waals surface area contributed by atoms with Gasteiger partial charge in [-0.05, 0) is 32.1 Å². The monoisotopic (exact) mass is 173 g/mol. The molecular weight excluding hydrogens is 161 g/mol. The van der Waals surface area contributed by atoms with Crippen LogP contribution in [0.5, 0.6) is 0 Å². The molecule has 1 aromatic rings. The van der Waals surface area contributed by atoms with Crippen molar-refractivity contribution in [3.8, 4) is 0 Å². The second kappa shape index (κ2) is 3.47. The smallest absolute Gasteiger partial charge is 0.0291 e. The molecule has 0 saturated carbocycles. The van der Waals surface area contributed by atoms with E-state index in [1.54, 1.807) is 0 Å². The van der Waals surface area contributed by atoms with E-state index in [1.165, 1.54) is 23.0 Å². The molecule has 0 aliphatic heterocycles. The van der Waals surface area contributed by atoms with Gasteiger partial charge in [0.1, 0.15) is 0 Å². The summed E-state index contributed by atoms with van der Waals surface area (Å²) in [6.45, 7) is 5.14. The first-order valence-corrected chi connectivity index (χ1v) is 5.08. The van der Waals surface area contributed by atoms with Crippen LogP contribution < -0.4 is 5.73 Å².